The fourth-order valence-corrected chi connectivity index (χ4v) is 6.49. The first-order valence-corrected chi connectivity index (χ1v) is 14.9. The number of benzene rings is 1. The molecule has 3 aromatic heterocycles. The fraction of sp³-hybridized carbons (Fsp3) is 0.400. The molecule has 0 bridgehead atoms. The van der Waals surface area contributed by atoms with Gasteiger partial charge in [-0.15, -0.1) is 21.5 Å². The molecule has 2 aliphatic heterocycles. The minimum absolute atomic E-state index is 0.0137. The number of nitrogens with two attached hydrogens (primary N) is 1. The van der Waals surface area contributed by atoms with Crippen LogP contribution in [0.1, 0.15) is 77.6 Å². The molecule has 4 aromatic rings. The van der Waals surface area contributed by atoms with Gasteiger partial charge in [0.1, 0.15) is 16.5 Å². The lowest BCUT2D eigenvalue weighted by Gasteiger charge is -2.27. The first-order valence-electron chi connectivity index (χ1n) is 14.0. The van der Waals surface area contributed by atoms with E-state index in [1.54, 1.807) is 28.4 Å². The van der Waals surface area contributed by atoms with Crippen molar-refractivity contribution in [2.45, 2.75) is 64.0 Å². The smallest absolute Gasteiger partial charge is 0.266 e. The molecule has 1 unspecified atom stereocenters. The highest BCUT2D eigenvalue weighted by molar-refractivity contribution is 7.09. The predicted molar refractivity (Wildman–Crippen MR) is 155 cm³/mol. The molecule has 0 radical (unpaired) electrons. The highest BCUT2D eigenvalue weighted by atomic mass is 32.1. The molecule has 2 fully saturated rings. The van der Waals surface area contributed by atoms with Crippen molar-refractivity contribution in [1.29, 1.82) is 0 Å². The van der Waals surface area contributed by atoms with Crippen LogP contribution in [0.2, 0.25) is 0 Å². The molecule has 2 atom stereocenters. The van der Waals surface area contributed by atoms with Crippen LogP contribution in [0.3, 0.4) is 0 Å². The van der Waals surface area contributed by atoms with Crippen molar-refractivity contribution in [3.63, 3.8) is 0 Å². The molecule has 2 saturated heterocycles. The molecular weight excluding hydrogens is 538 g/mol. The van der Waals surface area contributed by atoms with Crippen molar-refractivity contribution in [1.82, 2.24) is 25.1 Å². The molecule has 0 spiro atoms. The first-order chi connectivity index (χ1) is 19.8. The summed E-state index contributed by atoms with van der Waals surface area (Å²) in [5.41, 5.74) is 8.46. The van der Waals surface area contributed by atoms with E-state index in [1.807, 2.05) is 54.5 Å². The summed E-state index contributed by atoms with van der Waals surface area (Å²) in [6.45, 7) is 4.98. The third kappa shape index (κ3) is 5.64. The average Bonchev–Trinajstić information content (AvgIpc) is 3.74. The van der Waals surface area contributed by atoms with E-state index >= 15 is 0 Å². The lowest BCUT2D eigenvalue weighted by Crippen LogP contribution is -2.36. The van der Waals surface area contributed by atoms with Crippen LogP contribution < -0.4 is 10.6 Å². The molecule has 5 heterocycles. The number of amides is 2. The lowest BCUT2D eigenvalue weighted by molar-refractivity contribution is -0.119. The molecule has 41 heavy (non-hydrogen) atoms. The van der Waals surface area contributed by atoms with Gasteiger partial charge in [0.25, 0.3) is 11.8 Å². The average molecular weight is 572 g/mol. The maximum atomic E-state index is 14.0. The minimum Gasteiger partial charge on any atom is -0.417 e. The maximum Gasteiger partial charge on any atom is 0.266 e. The van der Waals surface area contributed by atoms with Crippen molar-refractivity contribution >= 4 is 29.0 Å². The fourth-order valence-electron chi connectivity index (χ4n) is 5.55. The molecule has 1 aromatic carbocycles. The largest absolute Gasteiger partial charge is 0.417 e. The Labute approximate surface area is 242 Å². The van der Waals surface area contributed by atoms with Gasteiger partial charge in [0.05, 0.1) is 11.6 Å². The summed E-state index contributed by atoms with van der Waals surface area (Å²) in [4.78, 5) is 39.7. The number of piperidine rings is 1. The van der Waals surface area contributed by atoms with Crippen molar-refractivity contribution in [3.05, 3.63) is 75.6 Å². The Morgan fingerprint density at radius 2 is 1.95 bits per heavy atom. The van der Waals surface area contributed by atoms with Gasteiger partial charge in [0, 0.05) is 36.1 Å². The van der Waals surface area contributed by atoms with Gasteiger partial charge in [0.15, 0.2) is 0 Å². The van der Waals surface area contributed by atoms with Crippen LogP contribution >= 0.6 is 11.3 Å². The number of hydrogen-bond acceptors (Lipinski definition) is 9. The molecule has 11 heteroatoms. The zero-order chi connectivity index (χ0) is 28.6. The van der Waals surface area contributed by atoms with Crippen molar-refractivity contribution < 1.29 is 14.0 Å². The SMILES string of the molecule is Cc1csc([C@H]2CCCN2C(=O)c2cc(-c3nnc(C(C)(N)Cc4ccccc4)o3)nc(N3CCCCC3=O)c2)n1. The van der Waals surface area contributed by atoms with Crippen LogP contribution in [0, 0.1) is 6.92 Å². The molecule has 2 amide bonds. The van der Waals surface area contributed by atoms with Crippen LogP contribution in [0.15, 0.2) is 52.3 Å². The molecule has 2 aliphatic rings. The predicted octanol–water partition coefficient (Wildman–Crippen LogP) is 4.81. The summed E-state index contributed by atoms with van der Waals surface area (Å²) in [7, 11) is 0. The van der Waals surface area contributed by atoms with Crippen LogP contribution in [0.4, 0.5) is 5.82 Å². The number of thiazole rings is 1. The standard InChI is InChI=1S/C30H33N7O3S/c1-19-18-41-27(32-19)23-11-8-14-36(23)28(39)21-15-22(33-24(16-21)37-13-7-6-12-25(37)38)26-34-35-29(40-26)30(2,31)17-20-9-4-3-5-10-20/h3-5,9-10,15-16,18,23H,6-8,11-14,17,31H2,1-2H3/t23-,30?/m1/s1. The summed E-state index contributed by atoms with van der Waals surface area (Å²) in [6.07, 6.45) is 4.41. The molecule has 0 aliphatic carbocycles. The Morgan fingerprint density at radius 3 is 2.71 bits per heavy atom. The van der Waals surface area contributed by atoms with E-state index in [4.69, 9.17) is 15.1 Å². The number of rotatable bonds is 7. The zero-order valence-corrected chi connectivity index (χ0v) is 24.1. The summed E-state index contributed by atoms with van der Waals surface area (Å²) < 4.78 is 6.08. The normalized spacial score (nSPS) is 19.0. The Hall–Kier alpha value is -3.96. The Balaban J connectivity index is 1.35. The number of aromatic nitrogens is 4. The van der Waals surface area contributed by atoms with E-state index in [-0.39, 0.29) is 29.6 Å². The van der Waals surface area contributed by atoms with Gasteiger partial charge in [-0.2, -0.15) is 0 Å². The van der Waals surface area contributed by atoms with Gasteiger partial charge in [0.2, 0.25) is 11.8 Å². The molecule has 0 saturated carbocycles. The van der Waals surface area contributed by atoms with Crippen LogP contribution in [-0.2, 0) is 16.8 Å². The Bertz CT molecular complexity index is 1570. The summed E-state index contributed by atoms with van der Waals surface area (Å²) >= 11 is 1.58. The van der Waals surface area contributed by atoms with Gasteiger partial charge >= 0.3 is 0 Å². The number of nitrogens with zero attached hydrogens (tertiary/aromatic N) is 6. The lowest BCUT2D eigenvalue weighted by atomic mass is 9.94. The topological polar surface area (TPSA) is 131 Å². The number of carbonyl (C=O) groups excluding carboxylic acids is 2. The second-order valence-electron chi connectivity index (χ2n) is 11.1. The third-order valence-corrected chi connectivity index (χ3v) is 8.70. The van der Waals surface area contributed by atoms with Crippen LogP contribution in [0.25, 0.3) is 11.6 Å². The third-order valence-electron chi connectivity index (χ3n) is 7.64. The maximum absolute atomic E-state index is 14.0. The minimum atomic E-state index is -0.916. The van der Waals surface area contributed by atoms with E-state index in [9.17, 15) is 9.59 Å². The quantitative estimate of drug-likeness (QED) is 0.334. The number of anilines is 1. The molecule has 10 nitrogen and oxygen atoms in total. The first kappa shape index (κ1) is 27.2. The van der Waals surface area contributed by atoms with Crippen molar-refractivity contribution in [3.8, 4) is 11.6 Å². The molecular formula is C30H33N7O3S. The number of likely N-dealkylation sites (tertiary alicyclic amines) is 1. The second kappa shape index (κ2) is 11.1. The highest BCUT2D eigenvalue weighted by Crippen LogP contribution is 2.36. The highest BCUT2D eigenvalue weighted by Gasteiger charge is 2.34. The van der Waals surface area contributed by atoms with Crippen molar-refractivity contribution in [2.75, 3.05) is 18.0 Å². The van der Waals surface area contributed by atoms with Gasteiger partial charge in [-0.25, -0.2) is 9.97 Å². The Morgan fingerprint density at radius 1 is 1.12 bits per heavy atom. The summed E-state index contributed by atoms with van der Waals surface area (Å²) in [5, 5.41) is 11.5. The summed E-state index contributed by atoms with van der Waals surface area (Å²) in [5.74, 6) is 0.682. The van der Waals surface area contributed by atoms with Gasteiger partial charge < -0.3 is 15.1 Å². The second-order valence-corrected chi connectivity index (χ2v) is 12.0. The van der Waals surface area contributed by atoms with E-state index in [0.29, 0.717) is 43.0 Å². The number of pyridine rings is 1. The number of aryl methyl sites for hydroxylation is 1. The van der Waals surface area contributed by atoms with Gasteiger partial charge in [-0.3, -0.25) is 14.5 Å². The molecule has 6 rings (SSSR count). The van der Waals surface area contributed by atoms with E-state index in [2.05, 4.69) is 15.2 Å². The van der Waals surface area contributed by atoms with Gasteiger partial charge in [-0.1, -0.05) is 30.3 Å². The molecule has 2 N–H and O–H groups in total. The zero-order valence-electron chi connectivity index (χ0n) is 23.2. The summed E-state index contributed by atoms with van der Waals surface area (Å²) in [6, 6.07) is 13.2. The van der Waals surface area contributed by atoms with E-state index < -0.39 is 5.54 Å². The van der Waals surface area contributed by atoms with E-state index in [1.165, 1.54) is 0 Å². The van der Waals surface area contributed by atoms with E-state index in [0.717, 1.165) is 41.9 Å². The van der Waals surface area contributed by atoms with Crippen molar-refractivity contribution in [2.24, 2.45) is 5.73 Å². The van der Waals surface area contributed by atoms with Crippen LogP contribution in [-0.4, -0.2) is 50.0 Å². The van der Waals surface area contributed by atoms with Crippen LogP contribution in [0.5, 0.6) is 0 Å². The Kier molecular flexibility index (Phi) is 7.39. The monoisotopic (exact) mass is 571 g/mol. The number of hydrogen-bond donors (Lipinski definition) is 1. The van der Waals surface area contributed by atoms with Gasteiger partial charge in [-0.05, 0) is 63.6 Å². The molecule has 212 valence electrons. The number of carbonyl (C=O) groups is 2.